The second kappa shape index (κ2) is 7.69. The van der Waals surface area contributed by atoms with Crippen LogP contribution in [0.2, 0.25) is 0 Å². The first kappa shape index (κ1) is 16.9. The highest BCUT2D eigenvalue weighted by molar-refractivity contribution is 9.10. The number of hydrogen-bond acceptors (Lipinski definition) is 3. The number of nitrogens with one attached hydrogen (secondary N) is 1. The lowest BCUT2D eigenvalue weighted by Gasteiger charge is -2.09. The third-order valence-electron chi connectivity index (χ3n) is 3.25. The fourth-order valence-electron chi connectivity index (χ4n) is 2.21. The van der Waals surface area contributed by atoms with E-state index in [1.807, 2.05) is 35.8 Å². The Labute approximate surface area is 141 Å². The highest BCUT2D eigenvalue weighted by atomic mass is 79.9. The predicted octanol–water partition coefficient (Wildman–Crippen LogP) is 2.65. The second-order valence-electron chi connectivity index (χ2n) is 4.80. The van der Waals surface area contributed by atoms with Crippen molar-refractivity contribution in [2.24, 2.45) is 0 Å². The number of rotatable bonds is 7. The smallest absolute Gasteiger partial charge is 0.313 e. The second-order valence-corrected chi connectivity index (χ2v) is 6.70. The van der Waals surface area contributed by atoms with Gasteiger partial charge in [-0.05, 0) is 28.9 Å². The van der Waals surface area contributed by atoms with Crippen molar-refractivity contribution in [1.82, 2.24) is 9.88 Å². The molecule has 1 amide bonds. The molecule has 0 bridgehead atoms. The van der Waals surface area contributed by atoms with Crippen LogP contribution in [0.4, 0.5) is 0 Å². The monoisotopic (exact) mass is 384 g/mol. The number of carbonyl (C=O) groups excluding carboxylic acids is 1. The average molecular weight is 385 g/mol. The van der Waals surface area contributed by atoms with Crippen LogP contribution in [0.3, 0.4) is 0 Å². The van der Waals surface area contributed by atoms with Gasteiger partial charge in [0.05, 0.1) is 5.75 Å². The zero-order valence-electron chi connectivity index (χ0n) is 12.1. The highest BCUT2D eigenvalue weighted by Crippen LogP contribution is 2.30. The van der Waals surface area contributed by atoms with E-state index in [2.05, 4.69) is 21.2 Å². The van der Waals surface area contributed by atoms with Crippen LogP contribution in [0.25, 0.3) is 10.9 Å². The van der Waals surface area contributed by atoms with Gasteiger partial charge in [0, 0.05) is 33.4 Å². The highest BCUT2D eigenvalue weighted by Gasteiger charge is 2.13. The molecule has 1 aromatic carbocycles. The van der Waals surface area contributed by atoms with Gasteiger partial charge in [-0.2, -0.15) is 0 Å². The molecule has 1 aromatic heterocycles. The van der Waals surface area contributed by atoms with Crippen molar-refractivity contribution >= 4 is 50.5 Å². The van der Waals surface area contributed by atoms with Gasteiger partial charge >= 0.3 is 5.97 Å². The first-order chi connectivity index (χ1) is 10.5. The van der Waals surface area contributed by atoms with E-state index in [4.69, 9.17) is 5.11 Å². The van der Waals surface area contributed by atoms with Gasteiger partial charge in [0.25, 0.3) is 0 Å². The molecular weight excluding hydrogens is 368 g/mol. The number of thioether (sulfide) groups is 1. The number of hydrogen-bond donors (Lipinski definition) is 2. The minimum Gasteiger partial charge on any atom is -0.481 e. The summed E-state index contributed by atoms with van der Waals surface area (Å²) in [5, 5.41) is 12.4. The predicted molar refractivity (Wildman–Crippen MR) is 92.3 cm³/mol. The maximum Gasteiger partial charge on any atom is 0.313 e. The molecule has 0 atom stereocenters. The lowest BCUT2D eigenvalue weighted by Crippen LogP contribution is -2.29. The molecule has 118 valence electrons. The van der Waals surface area contributed by atoms with Gasteiger partial charge < -0.3 is 15.0 Å². The third-order valence-corrected chi connectivity index (χ3v) is 5.19. The lowest BCUT2D eigenvalue weighted by molar-refractivity contribution is -0.133. The minimum absolute atomic E-state index is 0.0597. The number of aliphatic carboxylic acids is 1. The van der Waals surface area contributed by atoms with Crippen LogP contribution < -0.4 is 5.32 Å². The number of benzene rings is 1. The Kier molecular flexibility index (Phi) is 5.90. The molecule has 0 aliphatic heterocycles. The summed E-state index contributed by atoms with van der Waals surface area (Å²) in [6.45, 7) is 2.69. The maximum atomic E-state index is 12.0. The summed E-state index contributed by atoms with van der Waals surface area (Å²) in [5.41, 5.74) is 2.03. The maximum absolute atomic E-state index is 12.0. The summed E-state index contributed by atoms with van der Waals surface area (Å²) in [4.78, 5) is 22.4. The van der Waals surface area contributed by atoms with E-state index < -0.39 is 5.97 Å². The molecule has 7 heteroatoms. The molecule has 2 aromatic rings. The van der Waals surface area contributed by atoms with Crippen molar-refractivity contribution < 1.29 is 14.7 Å². The standard InChI is InChI=1S/C15H17BrN2O3S/c1-10-15(16)11-4-2-3-5-12(11)18(10)8-13(19)17-6-7-22-9-14(20)21/h2-5H,6-9H2,1H3,(H,17,19)(H,20,21). The van der Waals surface area contributed by atoms with Crippen molar-refractivity contribution in [1.29, 1.82) is 0 Å². The summed E-state index contributed by atoms with van der Waals surface area (Å²) < 4.78 is 2.98. The number of halogens is 1. The van der Waals surface area contributed by atoms with Gasteiger partial charge in [0.1, 0.15) is 6.54 Å². The summed E-state index contributed by atoms with van der Waals surface area (Å²) >= 11 is 4.86. The van der Waals surface area contributed by atoms with Gasteiger partial charge in [-0.1, -0.05) is 18.2 Å². The molecule has 0 radical (unpaired) electrons. The molecule has 0 aliphatic rings. The van der Waals surface area contributed by atoms with Gasteiger partial charge in [0.15, 0.2) is 0 Å². The van der Waals surface area contributed by atoms with E-state index in [9.17, 15) is 9.59 Å². The topological polar surface area (TPSA) is 71.3 Å². The molecule has 1 heterocycles. The Hall–Kier alpha value is -1.47. The Morgan fingerprint density at radius 1 is 1.36 bits per heavy atom. The fourth-order valence-corrected chi connectivity index (χ4v) is 3.33. The van der Waals surface area contributed by atoms with Crippen molar-refractivity contribution in [2.75, 3.05) is 18.1 Å². The first-order valence-corrected chi connectivity index (χ1v) is 8.75. The molecule has 0 fully saturated rings. The van der Waals surface area contributed by atoms with E-state index in [1.165, 1.54) is 11.8 Å². The zero-order valence-corrected chi connectivity index (χ0v) is 14.5. The third kappa shape index (κ3) is 4.04. The van der Waals surface area contributed by atoms with E-state index in [0.29, 0.717) is 12.3 Å². The number of amides is 1. The average Bonchev–Trinajstić information content (AvgIpc) is 2.72. The molecule has 0 unspecified atom stereocenters. The quantitative estimate of drug-likeness (QED) is 0.719. The summed E-state index contributed by atoms with van der Waals surface area (Å²) in [5.74, 6) is -0.264. The van der Waals surface area contributed by atoms with Gasteiger partial charge in [-0.3, -0.25) is 9.59 Å². The number of carboxylic acids is 1. The number of para-hydroxylation sites is 1. The number of nitrogens with zero attached hydrogens (tertiary/aromatic N) is 1. The Balaban J connectivity index is 1.95. The van der Waals surface area contributed by atoms with Crippen molar-refractivity contribution in [3.8, 4) is 0 Å². The van der Waals surface area contributed by atoms with Crippen LogP contribution >= 0.6 is 27.7 Å². The molecule has 0 saturated heterocycles. The van der Waals surface area contributed by atoms with Crippen LogP contribution in [0.15, 0.2) is 28.7 Å². The van der Waals surface area contributed by atoms with Crippen molar-refractivity contribution in [2.45, 2.75) is 13.5 Å². The number of fused-ring (bicyclic) bond motifs is 1. The van der Waals surface area contributed by atoms with Crippen LogP contribution in [0.1, 0.15) is 5.69 Å². The molecule has 0 saturated carbocycles. The van der Waals surface area contributed by atoms with E-state index in [1.54, 1.807) is 0 Å². The Morgan fingerprint density at radius 2 is 2.09 bits per heavy atom. The zero-order chi connectivity index (χ0) is 16.1. The van der Waals surface area contributed by atoms with E-state index in [0.717, 1.165) is 21.1 Å². The van der Waals surface area contributed by atoms with Gasteiger partial charge in [-0.25, -0.2) is 0 Å². The van der Waals surface area contributed by atoms with Crippen LogP contribution in [-0.4, -0.2) is 39.6 Å². The largest absolute Gasteiger partial charge is 0.481 e. The number of aromatic nitrogens is 1. The van der Waals surface area contributed by atoms with Gasteiger partial charge in [-0.15, -0.1) is 11.8 Å². The summed E-state index contributed by atoms with van der Waals surface area (Å²) in [6, 6.07) is 7.92. The van der Waals surface area contributed by atoms with Crippen LogP contribution in [-0.2, 0) is 16.1 Å². The summed E-state index contributed by atoms with van der Waals surface area (Å²) in [7, 11) is 0. The molecule has 22 heavy (non-hydrogen) atoms. The van der Waals surface area contributed by atoms with Crippen molar-refractivity contribution in [3.63, 3.8) is 0 Å². The normalized spacial score (nSPS) is 10.8. The van der Waals surface area contributed by atoms with Crippen LogP contribution in [0.5, 0.6) is 0 Å². The number of carboxylic acid groups (broad SMARTS) is 1. The van der Waals surface area contributed by atoms with Gasteiger partial charge in [0.2, 0.25) is 5.91 Å². The minimum atomic E-state index is -0.837. The molecule has 0 spiro atoms. The van der Waals surface area contributed by atoms with Crippen LogP contribution in [0, 0.1) is 6.92 Å². The lowest BCUT2D eigenvalue weighted by atomic mass is 10.2. The Morgan fingerprint density at radius 3 is 2.82 bits per heavy atom. The SMILES string of the molecule is Cc1c(Br)c2ccccc2n1CC(=O)NCCSCC(=O)O. The molecule has 5 nitrogen and oxygen atoms in total. The molecular formula is C15H17BrN2O3S. The fraction of sp³-hybridized carbons (Fsp3) is 0.333. The number of carbonyl (C=O) groups is 2. The van der Waals surface area contributed by atoms with Crippen molar-refractivity contribution in [3.05, 3.63) is 34.4 Å². The summed E-state index contributed by atoms with van der Waals surface area (Å²) in [6.07, 6.45) is 0. The molecule has 0 aliphatic carbocycles. The molecule has 2 N–H and O–H groups in total. The Bertz CT molecular complexity index is 699. The van der Waals surface area contributed by atoms with E-state index >= 15 is 0 Å². The molecule has 2 rings (SSSR count). The first-order valence-electron chi connectivity index (χ1n) is 6.80. The van der Waals surface area contributed by atoms with E-state index in [-0.39, 0.29) is 18.2 Å².